The Kier molecular flexibility index (Phi) is 4.66. The number of Topliss-reactive ketones (excluding diaryl/α,β-unsaturated/α-hetero) is 1. The third-order valence-electron chi connectivity index (χ3n) is 6.14. The van der Waals surface area contributed by atoms with Gasteiger partial charge in [0.25, 0.3) is 11.8 Å². The number of ether oxygens (including phenoxy) is 2. The maximum absolute atomic E-state index is 13.3. The molecule has 0 saturated carbocycles. The van der Waals surface area contributed by atoms with E-state index in [-0.39, 0.29) is 36.8 Å². The summed E-state index contributed by atoms with van der Waals surface area (Å²) in [6, 6.07) is 11.1. The Morgan fingerprint density at radius 1 is 1.15 bits per heavy atom. The molecule has 0 aromatic heterocycles. The monoisotopic (exact) mass is 449 g/mol. The largest absolute Gasteiger partial charge is 0.482 e. The molecule has 1 fully saturated rings. The van der Waals surface area contributed by atoms with E-state index < -0.39 is 29.9 Å². The Morgan fingerprint density at radius 3 is 2.76 bits per heavy atom. The van der Waals surface area contributed by atoms with Crippen molar-refractivity contribution < 1.29 is 33.4 Å². The van der Waals surface area contributed by atoms with Gasteiger partial charge in [-0.3, -0.25) is 24.1 Å². The summed E-state index contributed by atoms with van der Waals surface area (Å²) in [7, 11) is 1.44. The highest BCUT2D eigenvalue weighted by atomic mass is 16.5. The van der Waals surface area contributed by atoms with Gasteiger partial charge < -0.3 is 19.7 Å². The van der Waals surface area contributed by atoms with Crippen LogP contribution in [0.2, 0.25) is 0 Å². The van der Waals surface area contributed by atoms with Gasteiger partial charge in [-0.1, -0.05) is 12.1 Å². The Morgan fingerprint density at radius 2 is 1.94 bits per heavy atom. The van der Waals surface area contributed by atoms with Crippen molar-refractivity contribution in [2.75, 3.05) is 30.5 Å². The molecule has 33 heavy (non-hydrogen) atoms. The van der Waals surface area contributed by atoms with Crippen LogP contribution in [0.25, 0.3) is 0 Å². The third-order valence-corrected chi connectivity index (χ3v) is 6.14. The fraction of sp³-hybridized carbons (Fsp3) is 0.261. The molecule has 0 spiro atoms. The molecule has 1 atom stereocenters. The zero-order chi connectivity index (χ0) is 23.3. The lowest BCUT2D eigenvalue weighted by Gasteiger charge is -2.46. The Hall–Kier alpha value is -4.21. The average Bonchev–Trinajstić information content (AvgIpc) is 3.18. The van der Waals surface area contributed by atoms with E-state index in [0.717, 1.165) is 0 Å². The predicted octanol–water partition coefficient (Wildman–Crippen LogP) is 1.35. The van der Waals surface area contributed by atoms with Gasteiger partial charge in [0.2, 0.25) is 11.6 Å². The summed E-state index contributed by atoms with van der Waals surface area (Å²) in [6.45, 7) is -0.704. The molecule has 168 valence electrons. The van der Waals surface area contributed by atoms with Gasteiger partial charge in [0.15, 0.2) is 19.0 Å². The number of amides is 3. The molecule has 0 unspecified atom stereocenters. The molecule has 10 nitrogen and oxygen atoms in total. The van der Waals surface area contributed by atoms with E-state index in [2.05, 4.69) is 5.32 Å². The standard InChI is InChI=1S/C23H19N3O7/c1-25-21(30)14-4-2-3-5-16(14)26-20(29)8-9-23(25,26)22(31)33-11-17(27)13-6-7-18-15(10-13)24-19(28)12-32-18/h2-7,10H,8-9,11-12H2,1H3,(H,24,28)/t23-/m0/s1. The molecular formula is C23H19N3O7. The van der Waals surface area contributed by atoms with Crippen LogP contribution in [0.4, 0.5) is 11.4 Å². The van der Waals surface area contributed by atoms with Crippen LogP contribution < -0.4 is 15.0 Å². The van der Waals surface area contributed by atoms with E-state index in [1.807, 2.05) is 0 Å². The second-order valence-corrected chi connectivity index (χ2v) is 7.97. The number of esters is 1. The Labute approximate surface area is 188 Å². The number of ketones is 1. The topological polar surface area (TPSA) is 122 Å². The number of anilines is 2. The van der Waals surface area contributed by atoms with Gasteiger partial charge in [-0.2, -0.15) is 0 Å². The van der Waals surface area contributed by atoms with E-state index >= 15 is 0 Å². The second-order valence-electron chi connectivity index (χ2n) is 7.97. The number of para-hydroxylation sites is 1. The van der Waals surface area contributed by atoms with Crippen molar-refractivity contribution >= 4 is 40.8 Å². The highest BCUT2D eigenvalue weighted by molar-refractivity contribution is 6.15. The number of likely N-dealkylation sites (N-methyl/N-ethyl adjacent to an activating group) is 1. The maximum atomic E-state index is 13.3. The van der Waals surface area contributed by atoms with E-state index in [1.165, 1.54) is 29.0 Å². The summed E-state index contributed by atoms with van der Waals surface area (Å²) >= 11 is 0. The summed E-state index contributed by atoms with van der Waals surface area (Å²) < 4.78 is 10.6. The minimum atomic E-state index is -1.65. The molecule has 1 saturated heterocycles. The number of hydrogen-bond acceptors (Lipinski definition) is 7. The number of hydrogen-bond donors (Lipinski definition) is 1. The molecule has 3 heterocycles. The number of carbonyl (C=O) groups is 5. The lowest BCUT2D eigenvalue weighted by atomic mass is 9.97. The van der Waals surface area contributed by atoms with Crippen molar-refractivity contribution in [3.63, 3.8) is 0 Å². The van der Waals surface area contributed by atoms with Crippen molar-refractivity contribution in [2.24, 2.45) is 0 Å². The van der Waals surface area contributed by atoms with Crippen LogP contribution >= 0.6 is 0 Å². The number of benzene rings is 2. The van der Waals surface area contributed by atoms with E-state index in [1.54, 1.807) is 30.3 Å². The molecule has 0 aliphatic carbocycles. The first-order chi connectivity index (χ1) is 15.8. The Bertz CT molecular complexity index is 1240. The predicted molar refractivity (Wildman–Crippen MR) is 114 cm³/mol. The fourth-order valence-corrected chi connectivity index (χ4v) is 4.48. The average molecular weight is 449 g/mol. The van der Waals surface area contributed by atoms with Gasteiger partial charge >= 0.3 is 5.97 Å². The van der Waals surface area contributed by atoms with Gasteiger partial charge in [0, 0.05) is 25.5 Å². The van der Waals surface area contributed by atoms with Crippen molar-refractivity contribution in [1.82, 2.24) is 4.90 Å². The zero-order valence-corrected chi connectivity index (χ0v) is 17.6. The van der Waals surface area contributed by atoms with Crippen molar-refractivity contribution in [1.29, 1.82) is 0 Å². The molecule has 2 aromatic rings. The fourth-order valence-electron chi connectivity index (χ4n) is 4.48. The van der Waals surface area contributed by atoms with Crippen molar-refractivity contribution in [2.45, 2.75) is 18.5 Å². The molecule has 3 aliphatic rings. The highest BCUT2D eigenvalue weighted by Crippen LogP contribution is 2.44. The van der Waals surface area contributed by atoms with Crippen molar-refractivity contribution in [3.8, 4) is 5.75 Å². The molecule has 10 heteroatoms. The van der Waals surface area contributed by atoms with Crippen LogP contribution in [0, 0.1) is 0 Å². The number of nitrogens with one attached hydrogen (secondary N) is 1. The Balaban J connectivity index is 1.39. The lowest BCUT2D eigenvalue weighted by Crippen LogP contribution is -2.67. The van der Waals surface area contributed by atoms with Crippen LogP contribution in [0.1, 0.15) is 33.6 Å². The summed E-state index contributed by atoms with van der Waals surface area (Å²) in [6.07, 6.45) is 0.108. The summed E-state index contributed by atoms with van der Waals surface area (Å²) in [5, 5.41) is 2.61. The molecule has 2 aromatic carbocycles. The number of fused-ring (bicyclic) bond motifs is 4. The summed E-state index contributed by atoms with van der Waals surface area (Å²) in [4.78, 5) is 65.7. The van der Waals surface area contributed by atoms with E-state index in [9.17, 15) is 24.0 Å². The van der Waals surface area contributed by atoms with Gasteiger partial charge in [-0.15, -0.1) is 0 Å². The molecule has 1 N–H and O–H groups in total. The maximum Gasteiger partial charge on any atom is 0.354 e. The van der Waals surface area contributed by atoms with Crippen LogP contribution in [0.3, 0.4) is 0 Å². The minimum Gasteiger partial charge on any atom is -0.482 e. The van der Waals surface area contributed by atoms with Crippen molar-refractivity contribution in [3.05, 3.63) is 53.6 Å². The van der Waals surface area contributed by atoms with Gasteiger partial charge in [-0.25, -0.2) is 4.79 Å². The highest BCUT2D eigenvalue weighted by Gasteiger charge is 2.60. The summed E-state index contributed by atoms with van der Waals surface area (Å²) in [5.74, 6) is -2.00. The number of carbonyl (C=O) groups excluding carboxylic acids is 5. The van der Waals surface area contributed by atoms with Crippen LogP contribution in [0.5, 0.6) is 5.75 Å². The first-order valence-corrected chi connectivity index (χ1v) is 10.3. The second kappa shape index (κ2) is 7.44. The normalized spacial score (nSPS) is 20.9. The quantitative estimate of drug-likeness (QED) is 0.552. The molecular weight excluding hydrogens is 430 g/mol. The first kappa shape index (κ1) is 20.7. The number of rotatable bonds is 4. The molecule has 0 radical (unpaired) electrons. The van der Waals surface area contributed by atoms with Crippen LogP contribution in [-0.2, 0) is 19.1 Å². The SMILES string of the molecule is CN1C(=O)c2ccccc2N2C(=O)CC[C@]12C(=O)OCC(=O)c1ccc2c(c1)NC(=O)CO2. The number of nitrogens with zero attached hydrogens (tertiary/aromatic N) is 2. The lowest BCUT2D eigenvalue weighted by molar-refractivity contribution is -0.155. The summed E-state index contributed by atoms with van der Waals surface area (Å²) in [5.41, 5.74) is -0.434. The third kappa shape index (κ3) is 3.05. The molecule has 5 rings (SSSR count). The van der Waals surface area contributed by atoms with Gasteiger partial charge in [0.1, 0.15) is 5.75 Å². The van der Waals surface area contributed by atoms with Gasteiger partial charge in [0.05, 0.1) is 16.9 Å². The first-order valence-electron chi connectivity index (χ1n) is 10.3. The van der Waals surface area contributed by atoms with E-state index in [0.29, 0.717) is 22.7 Å². The van der Waals surface area contributed by atoms with Crippen LogP contribution in [0.15, 0.2) is 42.5 Å². The minimum absolute atomic E-state index is 0.0532. The molecule has 3 amide bonds. The molecule has 0 bridgehead atoms. The van der Waals surface area contributed by atoms with Gasteiger partial charge in [-0.05, 0) is 30.3 Å². The van der Waals surface area contributed by atoms with E-state index in [4.69, 9.17) is 9.47 Å². The van der Waals surface area contributed by atoms with Crippen LogP contribution in [-0.4, -0.2) is 60.3 Å². The molecule has 3 aliphatic heterocycles. The zero-order valence-electron chi connectivity index (χ0n) is 17.6. The smallest absolute Gasteiger partial charge is 0.354 e.